The standard InChI is InChI=1S/C21H24N6O2/c1-2-29-13-12-26-15-17(14-23-26)24-20-5-3-4-19(25-20)16-6-8-18(9-7-16)27-11-10-22-21(27)28/h3-9,14-15H,2,10-13H2,1H3,(H,22,28)(H,24,25). The van der Waals surface area contributed by atoms with Gasteiger partial charge in [-0.25, -0.2) is 9.78 Å². The summed E-state index contributed by atoms with van der Waals surface area (Å²) in [5.41, 5.74) is 3.61. The minimum atomic E-state index is -0.0520. The molecule has 4 rings (SSSR count). The Morgan fingerprint density at radius 3 is 2.83 bits per heavy atom. The number of aromatic nitrogens is 3. The van der Waals surface area contributed by atoms with Crippen LogP contribution in [0.4, 0.5) is 22.0 Å². The zero-order valence-corrected chi connectivity index (χ0v) is 16.3. The van der Waals surface area contributed by atoms with Crippen molar-refractivity contribution in [2.75, 3.05) is 36.5 Å². The first kappa shape index (κ1) is 18.9. The summed E-state index contributed by atoms with van der Waals surface area (Å²) in [5, 5.41) is 10.4. The van der Waals surface area contributed by atoms with Crippen LogP contribution in [0.5, 0.6) is 0 Å². The number of urea groups is 1. The van der Waals surface area contributed by atoms with Crippen LogP contribution in [0, 0.1) is 0 Å². The molecule has 0 atom stereocenters. The number of ether oxygens (including phenoxy) is 1. The Hall–Kier alpha value is -3.39. The van der Waals surface area contributed by atoms with Gasteiger partial charge in [-0.2, -0.15) is 5.10 Å². The number of nitrogens with zero attached hydrogens (tertiary/aromatic N) is 4. The number of carbonyl (C=O) groups is 1. The quantitative estimate of drug-likeness (QED) is 0.575. The van der Waals surface area contributed by atoms with Gasteiger partial charge < -0.3 is 15.4 Å². The lowest BCUT2D eigenvalue weighted by Crippen LogP contribution is -2.27. The fraction of sp³-hybridized carbons (Fsp3) is 0.286. The molecule has 0 spiro atoms. The lowest BCUT2D eigenvalue weighted by Gasteiger charge is -2.14. The summed E-state index contributed by atoms with van der Waals surface area (Å²) in [7, 11) is 0. The number of hydrogen-bond donors (Lipinski definition) is 2. The van der Waals surface area contributed by atoms with Gasteiger partial charge in [-0.05, 0) is 31.2 Å². The predicted molar refractivity (Wildman–Crippen MR) is 112 cm³/mol. The van der Waals surface area contributed by atoms with E-state index >= 15 is 0 Å². The summed E-state index contributed by atoms with van der Waals surface area (Å²) in [6.45, 7) is 5.40. The van der Waals surface area contributed by atoms with Crippen molar-refractivity contribution in [1.82, 2.24) is 20.1 Å². The van der Waals surface area contributed by atoms with Crippen molar-refractivity contribution in [1.29, 1.82) is 0 Å². The number of pyridine rings is 1. The van der Waals surface area contributed by atoms with Crippen LogP contribution in [0.3, 0.4) is 0 Å². The van der Waals surface area contributed by atoms with E-state index < -0.39 is 0 Å². The number of nitrogens with one attached hydrogen (secondary N) is 2. The Morgan fingerprint density at radius 2 is 2.07 bits per heavy atom. The van der Waals surface area contributed by atoms with Gasteiger partial charge in [0.25, 0.3) is 0 Å². The molecule has 8 nitrogen and oxygen atoms in total. The van der Waals surface area contributed by atoms with Crippen LogP contribution >= 0.6 is 0 Å². The molecule has 2 N–H and O–H groups in total. The monoisotopic (exact) mass is 392 g/mol. The Kier molecular flexibility index (Phi) is 5.71. The van der Waals surface area contributed by atoms with E-state index in [1.807, 2.05) is 60.3 Å². The van der Waals surface area contributed by atoms with E-state index in [-0.39, 0.29) is 6.03 Å². The average molecular weight is 392 g/mol. The van der Waals surface area contributed by atoms with E-state index in [1.54, 1.807) is 11.1 Å². The second-order valence-electron chi connectivity index (χ2n) is 6.65. The van der Waals surface area contributed by atoms with Gasteiger partial charge in [0.2, 0.25) is 0 Å². The van der Waals surface area contributed by atoms with Gasteiger partial charge in [0, 0.05) is 37.1 Å². The molecule has 3 heterocycles. The molecule has 1 fully saturated rings. The van der Waals surface area contributed by atoms with E-state index in [4.69, 9.17) is 9.72 Å². The van der Waals surface area contributed by atoms with Crippen LogP contribution in [0.1, 0.15) is 6.92 Å². The molecular weight excluding hydrogens is 368 g/mol. The van der Waals surface area contributed by atoms with Crippen molar-refractivity contribution in [3.63, 3.8) is 0 Å². The minimum Gasteiger partial charge on any atom is -0.380 e. The van der Waals surface area contributed by atoms with E-state index in [0.29, 0.717) is 32.8 Å². The van der Waals surface area contributed by atoms with E-state index in [2.05, 4.69) is 15.7 Å². The summed E-state index contributed by atoms with van der Waals surface area (Å²) in [5.74, 6) is 0.745. The van der Waals surface area contributed by atoms with Crippen LogP contribution < -0.4 is 15.5 Å². The third-order valence-corrected chi connectivity index (χ3v) is 4.66. The lowest BCUT2D eigenvalue weighted by atomic mass is 10.1. The maximum absolute atomic E-state index is 11.8. The smallest absolute Gasteiger partial charge is 0.321 e. The van der Waals surface area contributed by atoms with Gasteiger partial charge in [0.05, 0.1) is 30.7 Å². The Balaban J connectivity index is 1.44. The highest BCUT2D eigenvalue weighted by atomic mass is 16.5. The summed E-state index contributed by atoms with van der Waals surface area (Å²) < 4.78 is 7.20. The normalized spacial score (nSPS) is 13.6. The highest BCUT2D eigenvalue weighted by molar-refractivity contribution is 5.94. The summed E-state index contributed by atoms with van der Waals surface area (Å²) >= 11 is 0. The Bertz CT molecular complexity index is 969. The van der Waals surface area contributed by atoms with Crippen LogP contribution in [0.15, 0.2) is 54.9 Å². The predicted octanol–water partition coefficient (Wildman–Crippen LogP) is 3.25. The van der Waals surface area contributed by atoms with Crippen molar-refractivity contribution in [3.8, 4) is 11.3 Å². The van der Waals surface area contributed by atoms with Crippen molar-refractivity contribution in [2.45, 2.75) is 13.5 Å². The van der Waals surface area contributed by atoms with Crippen LogP contribution in [0.2, 0.25) is 0 Å². The van der Waals surface area contributed by atoms with Crippen molar-refractivity contribution >= 4 is 23.2 Å². The number of carbonyl (C=O) groups excluding carboxylic acids is 1. The molecule has 0 radical (unpaired) electrons. The van der Waals surface area contributed by atoms with Gasteiger partial charge in [-0.15, -0.1) is 0 Å². The SMILES string of the molecule is CCOCCn1cc(Nc2cccc(-c3ccc(N4CCNC4=O)cc3)n2)cn1. The van der Waals surface area contributed by atoms with Crippen LogP contribution in [-0.2, 0) is 11.3 Å². The fourth-order valence-electron chi connectivity index (χ4n) is 3.20. The third-order valence-electron chi connectivity index (χ3n) is 4.66. The highest BCUT2D eigenvalue weighted by Crippen LogP contribution is 2.24. The first-order valence-corrected chi connectivity index (χ1v) is 9.73. The first-order valence-electron chi connectivity index (χ1n) is 9.73. The van der Waals surface area contributed by atoms with Crippen LogP contribution in [0.25, 0.3) is 11.3 Å². The number of anilines is 3. The van der Waals surface area contributed by atoms with E-state index in [9.17, 15) is 4.79 Å². The van der Waals surface area contributed by atoms with Crippen molar-refractivity contribution in [2.24, 2.45) is 0 Å². The lowest BCUT2D eigenvalue weighted by molar-refractivity contribution is 0.136. The molecule has 0 aliphatic carbocycles. The van der Waals surface area contributed by atoms with Gasteiger partial charge >= 0.3 is 6.03 Å². The van der Waals surface area contributed by atoms with Crippen molar-refractivity contribution < 1.29 is 9.53 Å². The topological polar surface area (TPSA) is 84.3 Å². The molecule has 29 heavy (non-hydrogen) atoms. The van der Waals surface area contributed by atoms with Gasteiger partial charge in [0.1, 0.15) is 5.82 Å². The second kappa shape index (κ2) is 8.74. The molecule has 0 saturated carbocycles. The number of hydrogen-bond acceptors (Lipinski definition) is 5. The average Bonchev–Trinajstić information content (AvgIpc) is 3.37. The highest BCUT2D eigenvalue weighted by Gasteiger charge is 2.20. The largest absolute Gasteiger partial charge is 0.380 e. The molecule has 2 amide bonds. The number of benzene rings is 1. The molecular formula is C21H24N6O2. The molecule has 8 heteroatoms. The molecule has 150 valence electrons. The maximum Gasteiger partial charge on any atom is 0.321 e. The Morgan fingerprint density at radius 1 is 1.21 bits per heavy atom. The summed E-state index contributed by atoms with van der Waals surface area (Å²) in [4.78, 5) is 18.2. The first-order chi connectivity index (χ1) is 14.2. The molecule has 0 bridgehead atoms. The van der Waals surface area contributed by atoms with Crippen LogP contribution in [-0.4, -0.2) is 47.1 Å². The molecule has 2 aromatic heterocycles. The summed E-state index contributed by atoms with van der Waals surface area (Å²) in [6.07, 6.45) is 3.71. The maximum atomic E-state index is 11.8. The molecule has 1 aliphatic heterocycles. The second-order valence-corrected chi connectivity index (χ2v) is 6.65. The third kappa shape index (κ3) is 4.55. The van der Waals surface area contributed by atoms with Gasteiger partial charge in [-0.3, -0.25) is 9.58 Å². The van der Waals surface area contributed by atoms with Gasteiger partial charge in [0.15, 0.2) is 0 Å². The number of rotatable bonds is 8. The fourth-order valence-corrected chi connectivity index (χ4v) is 3.20. The molecule has 1 aromatic carbocycles. The van der Waals surface area contributed by atoms with Crippen molar-refractivity contribution in [3.05, 3.63) is 54.9 Å². The molecule has 1 aliphatic rings. The van der Waals surface area contributed by atoms with E-state index in [1.165, 1.54) is 0 Å². The minimum absolute atomic E-state index is 0.0520. The number of amides is 2. The zero-order chi connectivity index (χ0) is 20.1. The van der Waals surface area contributed by atoms with Gasteiger partial charge in [-0.1, -0.05) is 18.2 Å². The molecule has 0 unspecified atom stereocenters. The molecule has 3 aromatic rings. The zero-order valence-electron chi connectivity index (χ0n) is 16.3. The Labute approximate surface area is 169 Å². The summed E-state index contributed by atoms with van der Waals surface area (Å²) in [6, 6.07) is 13.7. The van der Waals surface area contributed by atoms with E-state index in [0.717, 1.165) is 28.5 Å². The molecule has 1 saturated heterocycles.